The summed E-state index contributed by atoms with van der Waals surface area (Å²) in [4.78, 5) is 81.3. The number of aromatic nitrogens is 2. The number of Topliss-reactive ketones (excluding diaryl/α,β-unsaturated/α-hetero) is 3. The van der Waals surface area contributed by atoms with E-state index in [0.717, 1.165) is 11.1 Å². The predicted molar refractivity (Wildman–Crippen MR) is 249 cm³/mol. The molecule has 1 aromatic heterocycles. The normalized spacial score (nSPS) is 16.9. The summed E-state index contributed by atoms with van der Waals surface area (Å²) < 4.78 is 12.2. The summed E-state index contributed by atoms with van der Waals surface area (Å²) >= 11 is 0. The maximum atomic E-state index is 14.8. The number of aryl methyl sites for hydroxylation is 1. The van der Waals surface area contributed by atoms with E-state index in [1.807, 2.05) is 30.3 Å². The van der Waals surface area contributed by atoms with Gasteiger partial charge in [-0.15, -0.1) is 0 Å². The highest BCUT2D eigenvalue weighted by Crippen LogP contribution is 2.41. The number of hydrogen-bond acceptors (Lipinski definition) is 14. The second kappa shape index (κ2) is 23.2. The molecular weight excluding hydrogens is 841 g/mol. The Hall–Kier alpha value is -6.38. The molecule has 66 heavy (non-hydrogen) atoms. The molecule has 0 saturated heterocycles. The number of nitrogens with one attached hydrogen (secondary N) is 1. The van der Waals surface area contributed by atoms with Crippen LogP contribution in [-0.2, 0) is 31.0 Å². The second-order valence-corrected chi connectivity index (χ2v) is 17.6. The molecule has 4 aromatic rings. The number of carbonyl (C=O) groups is 5. The first-order valence-corrected chi connectivity index (χ1v) is 22.3. The van der Waals surface area contributed by atoms with Gasteiger partial charge in [0.2, 0.25) is 11.8 Å². The van der Waals surface area contributed by atoms with Gasteiger partial charge >= 0.3 is 0 Å². The number of nitriles is 1. The highest BCUT2D eigenvalue weighted by molar-refractivity contribution is 6.00. The molecule has 16 heteroatoms. The van der Waals surface area contributed by atoms with Crippen LogP contribution < -0.4 is 32.0 Å². The lowest BCUT2D eigenvalue weighted by Gasteiger charge is -2.32. The average Bonchev–Trinajstić information content (AvgIpc) is 3.30. The van der Waals surface area contributed by atoms with Gasteiger partial charge in [0.15, 0.2) is 23.2 Å². The molecule has 3 aromatic carbocycles. The van der Waals surface area contributed by atoms with Crippen LogP contribution in [-0.4, -0.2) is 102 Å². The van der Waals surface area contributed by atoms with Gasteiger partial charge in [-0.25, -0.2) is 9.97 Å². The SMILES string of the molecule is Cc1nc(-c2ccc(C(C)(C)C)cc2)ncc1C(=O)C[C@@H](CCN)C(=O)N(C)[C@@H]1C(=O)C[C@@H](CO)C(=O)N[C@H](C(=O)CCC#N)Cc2ccc(OCCN)c(c2)-c2cc1ccc2OCCN. The van der Waals surface area contributed by atoms with Gasteiger partial charge in [-0.3, -0.25) is 24.0 Å². The van der Waals surface area contributed by atoms with E-state index in [2.05, 4.69) is 36.1 Å². The number of rotatable bonds is 18. The Labute approximate surface area is 386 Å². The van der Waals surface area contributed by atoms with Gasteiger partial charge in [-0.05, 0) is 72.7 Å². The van der Waals surface area contributed by atoms with Crippen molar-refractivity contribution in [3.05, 3.63) is 94.8 Å². The Bertz CT molecular complexity index is 2430. The fraction of sp³-hybridized carbons (Fsp3) is 0.440. The molecule has 350 valence electrons. The van der Waals surface area contributed by atoms with Gasteiger partial charge in [0.25, 0.3) is 0 Å². The predicted octanol–water partition coefficient (Wildman–Crippen LogP) is 4.31. The Kier molecular flexibility index (Phi) is 17.8. The van der Waals surface area contributed by atoms with Crippen LogP contribution in [0.5, 0.6) is 11.5 Å². The van der Waals surface area contributed by atoms with Gasteiger partial charge in [-0.2, -0.15) is 5.26 Å². The molecule has 0 unspecified atom stereocenters. The lowest BCUT2D eigenvalue weighted by atomic mass is 9.86. The number of aliphatic hydroxyl groups excluding tert-OH is 1. The number of benzene rings is 3. The van der Waals surface area contributed by atoms with Crippen LogP contribution in [0.1, 0.15) is 91.7 Å². The van der Waals surface area contributed by atoms with Crippen molar-refractivity contribution in [3.63, 3.8) is 0 Å². The first-order chi connectivity index (χ1) is 31.5. The van der Waals surface area contributed by atoms with Crippen LogP contribution in [0.4, 0.5) is 0 Å². The zero-order valence-corrected chi connectivity index (χ0v) is 38.5. The average molecular weight is 903 g/mol. The van der Waals surface area contributed by atoms with E-state index >= 15 is 0 Å². The van der Waals surface area contributed by atoms with Gasteiger partial charge < -0.3 is 42.0 Å². The highest BCUT2D eigenvalue weighted by atomic mass is 16.5. The van der Waals surface area contributed by atoms with Crippen LogP contribution >= 0.6 is 0 Å². The molecule has 0 saturated carbocycles. The first-order valence-electron chi connectivity index (χ1n) is 22.3. The van der Waals surface area contributed by atoms with Crippen LogP contribution in [0.25, 0.3) is 22.5 Å². The lowest BCUT2D eigenvalue weighted by molar-refractivity contribution is -0.143. The number of nitrogens with two attached hydrogens (primary N) is 3. The number of nitrogens with zero attached hydrogens (tertiary/aromatic N) is 4. The third kappa shape index (κ3) is 12.5. The molecule has 2 heterocycles. The van der Waals surface area contributed by atoms with Crippen molar-refractivity contribution >= 4 is 29.2 Å². The number of hydrogen-bond donors (Lipinski definition) is 5. The Morgan fingerprint density at radius 3 is 2.18 bits per heavy atom. The van der Waals surface area contributed by atoms with E-state index in [1.165, 1.54) is 18.1 Å². The molecule has 0 fully saturated rings. The van der Waals surface area contributed by atoms with E-state index in [9.17, 15) is 34.3 Å². The zero-order chi connectivity index (χ0) is 48.1. The highest BCUT2D eigenvalue weighted by Gasteiger charge is 2.37. The third-order valence-corrected chi connectivity index (χ3v) is 11.7. The molecule has 8 N–H and O–H groups in total. The Morgan fingerprint density at radius 1 is 0.939 bits per heavy atom. The minimum Gasteiger partial charge on any atom is -0.492 e. The van der Waals surface area contributed by atoms with Crippen LogP contribution in [0.2, 0.25) is 0 Å². The summed E-state index contributed by atoms with van der Waals surface area (Å²) in [6, 6.07) is 17.7. The molecule has 0 aliphatic carbocycles. The summed E-state index contributed by atoms with van der Waals surface area (Å²) in [6.45, 7) is 8.07. The molecular formula is C50H62N8O8. The number of likely N-dealkylation sites (N-methyl/N-ethyl adjacent to an activating group) is 1. The maximum absolute atomic E-state index is 14.8. The number of carbonyl (C=O) groups excluding carboxylic acids is 5. The smallest absolute Gasteiger partial charge is 0.226 e. The monoisotopic (exact) mass is 902 g/mol. The summed E-state index contributed by atoms with van der Waals surface area (Å²) in [7, 11) is 1.45. The summed E-state index contributed by atoms with van der Waals surface area (Å²) in [5, 5.41) is 22.5. The minimum absolute atomic E-state index is 0.0211. The molecule has 4 atom stereocenters. The molecule has 1 aliphatic heterocycles. The Morgan fingerprint density at radius 2 is 1.59 bits per heavy atom. The Balaban J connectivity index is 1.57. The van der Waals surface area contributed by atoms with Crippen LogP contribution in [0.15, 0.2) is 66.9 Å². The maximum Gasteiger partial charge on any atom is 0.226 e. The number of ether oxygens (including phenoxy) is 2. The molecule has 4 bridgehead atoms. The van der Waals surface area contributed by atoms with Gasteiger partial charge in [0.05, 0.1) is 35.9 Å². The van der Waals surface area contributed by atoms with E-state index in [-0.39, 0.29) is 81.7 Å². The van der Waals surface area contributed by atoms with Crippen molar-refractivity contribution in [3.8, 4) is 40.1 Å². The summed E-state index contributed by atoms with van der Waals surface area (Å²) in [6.07, 6.45) is 0.576. The number of fused-ring (bicyclic) bond motifs is 5. The molecule has 0 radical (unpaired) electrons. The fourth-order valence-corrected chi connectivity index (χ4v) is 8.04. The van der Waals surface area contributed by atoms with Gasteiger partial charge in [0.1, 0.15) is 30.8 Å². The van der Waals surface area contributed by atoms with Crippen LogP contribution in [0.3, 0.4) is 0 Å². The van der Waals surface area contributed by atoms with E-state index in [0.29, 0.717) is 45.3 Å². The van der Waals surface area contributed by atoms with E-state index in [1.54, 1.807) is 43.3 Å². The van der Waals surface area contributed by atoms with Gasteiger partial charge in [-0.1, -0.05) is 57.2 Å². The van der Waals surface area contributed by atoms with Crippen molar-refractivity contribution in [1.29, 1.82) is 5.26 Å². The van der Waals surface area contributed by atoms with Crippen molar-refractivity contribution in [2.75, 3.05) is 46.5 Å². The molecule has 0 spiro atoms. The summed E-state index contributed by atoms with van der Waals surface area (Å²) in [5.74, 6) is -3.76. The van der Waals surface area contributed by atoms with E-state index < -0.39 is 60.3 Å². The van der Waals surface area contributed by atoms with Crippen molar-refractivity contribution in [2.45, 2.75) is 83.7 Å². The van der Waals surface area contributed by atoms with Crippen molar-refractivity contribution in [2.24, 2.45) is 29.0 Å². The summed E-state index contributed by atoms with van der Waals surface area (Å²) in [5.41, 5.74) is 22.2. The quantitative estimate of drug-likeness (QED) is 0.0872. The first kappa shape index (κ1) is 50.6. The van der Waals surface area contributed by atoms with Crippen LogP contribution in [0, 0.1) is 30.1 Å². The molecule has 16 nitrogen and oxygen atoms in total. The zero-order valence-electron chi connectivity index (χ0n) is 38.5. The van der Waals surface area contributed by atoms with Crippen molar-refractivity contribution < 1.29 is 38.6 Å². The largest absolute Gasteiger partial charge is 0.492 e. The molecule has 2 amide bonds. The topological polar surface area (TPSA) is 267 Å². The van der Waals surface area contributed by atoms with Gasteiger partial charge in [0, 0.05) is 74.6 Å². The standard InChI is InChI=1S/C50H62N8O8/c1-30-39(28-55-47(56-30)32-9-12-36(13-10-32)50(2,3)4)42(61)26-34(16-18-52)49(64)58(5)46-33-11-15-45(66-22-20-54)38(25-33)37-23-31(8-14-44(37)65-21-19-53)24-40(41(60)7-6-17-51)57-48(63)35(29-59)27-43(46)62/h8-15,23,25,28,34-35,40,46,59H,6-7,16,18-22,24,26-27,29,52-54H2,1-5H3,(H,57,63)/t34-,35+,40+,46+/m1/s1. The second-order valence-electron chi connectivity index (χ2n) is 17.6. The third-order valence-electron chi connectivity index (χ3n) is 11.7. The lowest BCUT2D eigenvalue weighted by Crippen LogP contribution is -2.47. The van der Waals surface area contributed by atoms with Crippen molar-refractivity contribution in [1.82, 2.24) is 20.2 Å². The number of aliphatic hydroxyl groups is 1. The molecule has 1 aliphatic rings. The van der Waals surface area contributed by atoms with E-state index in [4.69, 9.17) is 26.7 Å². The fourth-order valence-electron chi connectivity index (χ4n) is 8.04. The number of amides is 2. The molecule has 5 rings (SSSR count). The minimum atomic E-state index is -1.35. The number of ketones is 3.